The molecule has 5 nitrogen and oxygen atoms in total. The van der Waals surface area contributed by atoms with Gasteiger partial charge in [-0.05, 0) is 72.0 Å². The SMILES string of the molecule is O=C1c2cc(-c3ccc(Nc4ccc(C(F)(F)F)cc4)cc3)ccc2CN1C1(C(=O)O)CC1. The van der Waals surface area contributed by atoms with Crippen molar-refractivity contribution in [3.8, 4) is 11.1 Å². The molecular weight excluding hydrogens is 433 g/mol. The van der Waals surface area contributed by atoms with Crippen LogP contribution >= 0.6 is 0 Å². The topological polar surface area (TPSA) is 69.6 Å². The lowest BCUT2D eigenvalue weighted by Gasteiger charge is -2.23. The average Bonchev–Trinajstić information content (AvgIpc) is 3.53. The number of nitrogens with zero attached hydrogens (tertiary/aromatic N) is 1. The molecule has 1 aliphatic carbocycles. The number of carboxylic acids is 1. The largest absolute Gasteiger partial charge is 0.479 e. The van der Waals surface area contributed by atoms with Crippen LogP contribution in [0.3, 0.4) is 0 Å². The van der Waals surface area contributed by atoms with Crippen molar-refractivity contribution in [2.24, 2.45) is 0 Å². The van der Waals surface area contributed by atoms with Gasteiger partial charge in [0.05, 0.1) is 5.56 Å². The van der Waals surface area contributed by atoms with Crippen LogP contribution in [0.1, 0.15) is 34.3 Å². The predicted octanol–water partition coefficient (Wildman–Crippen LogP) is 5.69. The molecule has 8 heteroatoms. The Hall–Kier alpha value is -3.81. The van der Waals surface area contributed by atoms with Crippen LogP contribution in [0.25, 0.3) is 11.1 Å². The zero-order valence-electron chi connectivity index (χ0n) is 17.3. The minimum atomic E-state index is -4.37. The molecule has 0 saturated heterocycles. The van der Waals surface area contributed by atoms with Crippen LogP contribution in [0.4, 0.5) is 24.5 Å². The first kappa shape index (κ1) is 21.1. The number of halogens is 3. The van der Waals surface area contributed by atoms with Gasteiger partial charge in [-0.15, -0.1) is 0 Å². The molecule has 3 aromatic carbocycles. The molecule has 5 rings (SSSR count). The van der Waals surface area contributed by atoms with Crippen LogP contribution in [0.5, 0.6) is 0 Å². The van der Waals surface area contributed by atoms with Crippen LogP contribution in [-0.4, -0.2) is 27.4 Å². The summed E-state index contributed by atoms with van der Waals surface area (Å²) < 4.78 is 38.1. The molecule has 33 heavy (non-hydrogen) atoms. The summed E-state index contributed by atoms with van der Waals surface area (Å²) in [6, 6.07) is 17.6. The van der Waals surface area contributed by atoms with Gasteiger partial charge >= 0.3 is 12.1 Å². The van der Waals surface area contributed by atoms with Gasteiger partial charge in [-0.2, -0.15) is 13.2 Å². The number of alkyl halides is 3. The number of anilines is 2. The number of aliphatic carboxylic acids is 1. The minimum absolute atomic E-state index is 0.257. The zero-order valence-corrected chi connectivity index (χ0v) is 17.3. The molecule has 1 aliphatic heterocycles. The lowest BCUT2D eigenvalue weighted by molar-refractivity contribution is -0.144. The Morgan fingerprint density at radius 2 is 1.48 bits per heavy atom. The second-order valence-electron chi connectivity index (χ2n) is 8.38. The van der Waals surface area contributed by atoms with Gasteiger partial charge in [0.25, 0.3) is 5.91 Å². The lowest BCUT2D eigenvalue weighted by Crippen LogP contribution is -2.43. The van der Waals surface area contributed by atoms with Crippen LogP contribution in [0, 0.1) is 0 Å². The summed E-state index contributed by atoms with van der Waals surface area (Å²) in [6.45, 7) is 0.302. The molecule has 1 fully saturated rings. The lowest BCUT2D eigenvalue weighted by atomic mass is 10.00. The Balaban J connectivity index is 1.32. The smallest absolute Gasteiger partial charge is 0.416 e. The summed E-state index contributed by atoms with van der Waals surface area (Å²) in [4.78, 5) is 26.0. The second-order valence-corrected chi connectivity index (χ2v) is 8.38. The van der Waals surface area contributed by atoms with Gasteiger partial charge < -0.3 is 15.3 Å². The number of carbonyl (C=O) groups is 2. The third kappa shape index (κ3) is 3.71. The highest BCUT2D eigenvalue weighted by Crippen LogP contribution is 2.46. The monoisotopic (exact) mass is 452 g/mol. The Kier molecular flexibility index (Phi) is 4.70. The highest BCUT2D eigenvalue weighted by Gasteiger charge is 2.58. The van der Waals surface area contributed by atoms with E-state index in [0.717, 1.165) is 28.8 Å². The summed E-state index contributed by atoms with van der Waals surface area (Å²) in [6.07, 6.45) is -3.42. The van der Waals surface area contributed by atoms with Crippen molar-refractivity contribution >= 4 is 23.3 Å². The summed E-state index contributed by atoms with van der Waals surface area (Å²) in [7, 11) is 0. The van der Waals surface area contributed by atoms with E-state index < -0.39 is 23.2 Å². The first-order valence-electron chi connectivity index (χ1n) is 10.4. The van der Waals surface area contributed by atoms with Crippen LogP contribution in [0.15, 0.2) is 66.7 Å². The number of carboxylic acid groups (broad SMARTS) is 1. The number of rotatable bonds is 5. The molecular formula is C25H19F3N2O3. The van der Waals surface area contributed by atoms with E-state index in [2.05, 4.69) is 5.32 Å². The molecule has 0 atom stereocenters. The van der Waals surface area contributed by atoms with Crippen LogP contribution in [0.2, 0.25) is 0 Å². The van der Waals surface area contributed by atoms with E-state index in [1.165, 1.54) is 17.0 Å². The van der Waals surface area contributed by atoms with E-state index in [4.69, 9.17) is 0 Å². The van der Waals surface area contributed by atoms with E-state index in [-0.39, 0.29) is 5.91 Å². The second kappa shape index (κ2) is 7.37. The Labute approximate surface area is 187 Å². The maximum atomic E-state index is 12.9. The van der Waals surface area contributed by atoms with Gasteiger partial charge in [-0.1, -0.05) is 24.3 Å². The quantitative estimate of drug-likeness (QED) is 0.522. The first-order chi connectivity index (χ1) is 15.7. The summed E-state index contributed by atoms with van der Waals surface area (Å²) >= 11 is 0. The van der Waals surface area contributed by atoms with Crippen LogP contribution in [-0.2, 0) is 17.5 Å². The number of carbonyl (C=O) groups excluding carboxylic acids is 1. The molecule has 2 N–H and O–H groups in total. The van der Waals surface area contributed by atoms with Gasteiger partial charge in [0.15, 0.2) is 0 Å². The fraction of sp³-hybridized carbons (Fsp3) is 0.200. The number of nitrogens with one attached hydrogen (secondary N) is 1. The van der Waals surface area contributed by atoms with Crippen molar-refractivity contribution in [1.29, 1.82) is 0 Å². The summed E-state index contributed by atoms with van der Waals surface area (Å²) in [5, 5.41) is 12.6. The third-order valence-corrected chi connectivity index (χ3v) is 6.27. The van der Waals surface area contributed by atoms with E-state index in [9.17, 15) is 27.9 Å². The van der Waals surface area contributed by atoms with Crippen molar-refractivity contribution in [2.75, 3.05) is 5.32 Å². The van der Waals surface area contributed by atoms with E-state index in [0.29, 0.717) is 36.3 Å². The molecule has 0 bridgehead atoms. The maximum Gasteiger partial charge on any atom is 0.416 e. The number of hydrogen-bond acceptors (Lipinski definition) is 3. The van der Waals surface area contributed by atoms with Gasteiger partial charge in [-0.3, -0.25) is 4.79 Å². The number of amides is 1. The van der Waals surface area contributed by atoms with Crippen molar-refractivity contribution < 1.29 is 27.9 Å². The van der Waals surface area contributed by atoms with E-state index in [1.807, 2.05) is 24.3 Å². The number of benzene rings is 3. The average molecular weight is 452 g/mol. The fourth-order valence-corrected chi connectivity index (χ4v) is 4.20. The minimum Gasteiger partial charge on any atom is -0.479 e. The molecule has 3 aromatic rings. The van der Waals surface area contributed by atoms with Gasteiger partial charge in [0, 0.05) is 23.5 Å². The van der Waals surface area contributed by atoms with Crippen molar-refractivity contribution in [1.82, 2.24) is 4.90 Å². The van der Waals surface area contributed by atoms with Crippen molar-refractivity contribution in [3.05, 3.63) is 83.4 Å². The molecule has 2 aliphatic rings. The normalized spacial score (nSPS) is 16.5. The molecule has 1 heterocycles. The number of fused-ring (bicyclic) bond motifs is 1. The first-order valence-corrected chi connectivity index (χ1v) is 10.4. The third-order valence-electron chi connectivity index (χ3n) is 6.27. The molecule has 0 radical (unpaired) electrons. The maximum absolute atomic E-state index is 12.9. The summed E-state index contributed by atoms with van der Waals surface area (Å²) in [5.74, 6) is -1.22. The van der Waals surface area contributed by atoms with Crippen LogP contribution < -0.4 is 5.32 Å². The van der Waals surface area contributed by atoms with Gasteiger partial charge in [0.2, 0.25) is 0 Å². The molecule has 0 spiro atoms. The number of hydrogen-bond donors (Lipinski definition) is 2. The van der Waals surface area contributed by atoms with Crippen molar-refractivity contribution in [2.45, 2.75) is 31.1 Å². The summed E-state index contributed by atoms with van der Waals surface area (Å²) in [5.41, 5.74) is 2.49. The van der Waals surface area contributed by atoms with Gasteiger partial charge in [0.1, 0.15) is 5.54 Å². The Morgan fingerprint density at radius 1 is 0.909 bits per heavy atom. The van der Waals surface area contributed by atoms with Gasteiger partial charge in [-0.25, -0.2) is 4.79 Å². The van der Waals surface area contributed by atoms with E-state index in [1.54, 1.807) is 18.2 Å². The standard InChI is InChI=1S/C25H19F3N2O3/c26-25(27,28)18-5-9-20(10-6-18)29-19-7-3-15(4-8-19)16-1-2-17-14-30(22(31)21(17)13-16)24(11-12-24)23(32)33/h1-10,13,29H,11-12,14H2,(H,32,33). The predicted molar refractivity (Wildman–Crippen MR) is 116 cm³/mol. The fourth-order valence-electron chi connectivity index (χ4n) is 4.20. The highest BCUT2D eigenvalue weighted by molar-refractivity contribution is 6.03. The highest BCUT2D eigenvalue weighted by atomic mass is 19.4. The molecule has 0 unspecified atom stereocenters. The molecule has 1 saturated carbocycles. The Morgan fingerprint density at radius 3 is 2.03 bits per heavy atom. The molecule has 168 valence electrons. The Bertz CT molecular complexity index is 1250. The van der Waals surface area contributed by atoms with Crippen molar-refractivity contribution in [3.63, 3.8) is 0 Å². The van der Waals surface area contributed by atoms with E-state index >= 15 is 0 Å². The molecule has 0 aromatic heterocycles. The zero-order chi connectivity index (χ0) is 23.4. The molecule has 1 amide bonds.